The fourth-order valence-corrected chi connectivity index (χ4v) is 2.23. The Morgan fingerprint density at radius 1 is 1.10 bits per heavy atom. The van der Waals surface area contributed by atoms with Crippen molar-refractivity contribution < 1.29 is 9.21 Å². The first kappa shape index (κ1) is 15.4. The predicted octanol–water partition coefficient (Wildman–Crippen LogP) is 3.90. The number of carbonyl (C=O) groups is 1. The summed E-state index contributed by atoms with van der Waals surface area (Å²) in [7, 11) is 0. The summed E-state index contributed by atoms with van der Waals surface area (Å²) in [6.45, 7) is 7.07. The van der Waals surface area contributed by atoms with Gasteiger partial charge in [-0.1, -0.05) is 51.1 Å². The molecule has 0 saturated heterocycles. The lowest BCUT2D eigenvalue weighted by molar-refractivity contribution is -0.140. The standard InChI is InChI=1S/C18H23NO2/c1-18(2,3)17(20)19(14-16-10-7-13-21-16)12-11-15-8-5-4-6-9-15/h4-10,13H,11-12,14H2,1-3H3. The second kappa shape index (κ2) is 6.61. The van der Waals surface area contributed by atoms with Crippen molar-refractivity contribution in [3.8, 4) is 0 Å². The van der Waals surface area contributed by atoms with Crippen LogP contribution in [0.5, 0.6) is 0 Å². The van der Waals surface area contributed by atoms with E-state index in [0.29, 0.717) is 13.1 Å². The number of furan rings is 1. The van der Waals surface area contributed by atoms with Crippen molar-refractivity contribution >= 4 is 5.91 Å². The zero-order valence-electron chi connectivity index (χ0n) is 13.0. The van der Waals surface area contributed by atoms with Crippen molar-refractivity contribution in [2.75, 3.05) is 6.54 Å². The molecule has 2 aromatic rings. The number of hydrogen-bond donors (Lipinski definition) is 0. The van der Waals surface area contributed by atoms with E-state index < -0.39 is 0 Å². The van der Waals surface area contributed by atoms with Crippen LogP contribution in [-0.4, -0.2) is 17.4 Å². The molecule has 0 aliphatic carbocycles. The topological polar surface area (TPSA) is 33.5 Å². The maximum Gasteiger partial charge on any atom is 0.228 e. The van der Waals surface area contributed by atoms with E-state index in [9.17, 15) is 4.79 Å². The lowest BCUT2D eigenvalue weighted by Crippen LogP contribution is -2.40. The summed E-state index contributed by atoms with van der Waals surface area (Å²) in [6.07, 6.45) is 2.50. The first-order valence-corrected chi connectivity index (χ1v) is 7.32. The van der Waals surface area contributed by atoms with Crippen LogP contribution in [0.2, 0.25) is 0 Å². The molecular weight excluding hydrogens is 262 g/mol. The molecule has 0 spiro atoms. The summed E-state index contributed by atoms with van der Waals surface area (Å²) >= 11 is 0. The largest absolute Gasteiger partial charge is 0.467 e. The van der Waals surface area contributed by atoms with Crippen LogP contribution in [0, 0.1) is 5.41 Å². The molecule has 1 amide bonds. The molecule has 0 unspecified atom stereocenters. The third-order valence-corrected chi connectivity index (χ3v) is 3.37. The van der Waals surface area contributed by atoms with Crippen LogP contribution in [0.1, 0.15) is 32.1 Å². The van der Waals surface area contributed by atoms with E-state index in [-0.39, 0.29) is 11.3 Å². The van der Waals surface area contributed by atoms with Gasteiger partial charge in [-0.05, 0) is 24.1 Å². The van der Waals surface area contributed by atoms with Crippen molar-refractivity contribution in [1.82, 2.24) is 4.90 Å². The average Bonchev–Trinajstić information content (AvgIpc) is 2.95. The molecule has 0 fully saturated rings. The van der Waals surface area contributed by atoms with E-state index in [0.717, 1.165) is 12.2 Å². The molecule has 112 valence electrons. The van der Waals surface area contributed by atoms with E-state index in [1.807, 2.05) is 56.0 Å². The molecule has 0 atom stereocenters. The third-order valence-electron chi connectivity index (χ3n) is 3.37. The summed E-state index contributed by atoms with van der Waals surface area (Å²) in [5.41, 5.74) is 0.854. The van der Waals surface area contributed by atoms with Crippen LogP contribution in [0.25, 0.3) is 0 Å². The van der Waals surface area contributed by atoms with E-state index >= 15 is 0 Å². The van der Waals surface area contributed by atoms with Crippen molar-refractivity contribution in [3.63, 3.8) is 0 Å². The second-order valence-electron chi connectivity index (χ2n) is 6.29. The van der Waals surface area contributed by atoms with Gasteiger partial charge in [0.25, 0.3) is 0 Å². The van der Waals surface area contributed by atoms with Gasteiger partial charge >= 0.3 is 0 Å². The molecule has 3 heteroatoms. The van der Waals surface area contributed by atoms with Crippen molar-refractivity contribution in [2.45, 2.75) is 33.7 Å². The highest BCUT2D eigenvalue weighted by Crippen LogP contribution is 2.20. The summed E-state index contributed by atoms with van der Waals surface area (Å²) in [4.78, 5) is 14.5. The van der Waals surface area contributed by atoms with Crippen LogP contribution < -0.4 is 0 Å². The fourth-order valence-electron chi connectivity index (χ4n) is 2.23. The minimum absolute atomic E-state index is 0.148. The lowest BCUT2D eigenvalue weighted by atomic mass is 9.94. The Morgan fingerprint density at radius 3 is 2.38 bits per heavy atom. The maximum atomic E-state index is 12.6. The number of rotatable bonds is 5. The Morgan fingerprint density at radius 2 is 1.81 bits per heavy atom. The predicted molar refractivity (Wildman–Crippen MR) is 83.7 cm³/mol. The van der Waals surface area contributed by atoms with Gasteiger partial charge in [-0.3, -0.25) is 4.79 Å². The molecule has 0 radical (unpaired) electrons. The number of benzene rings is 1. The number of hydrogen-bond acceptors (Lipinski definition) is 2. The van der Waals surface area contributed by atoms with Gasteiger partial charge < -0.3 is 9.32 Å². The molecule has 1 aromatic heterocycles. The Bertz CT molecular complexity index is 553. The normalized spacial score (nSPS) is 11.4. The Balaban J connectivity index is 2.06. The SMILES string of the molecule is CC(C)(C)C(=O)N(CCc1ccccc1)Cc1ccco1. The first-order valence-electron chi connectivity index (χ1n) is 7.32. The van der Waals surface area contributed by atoms with Gasteiger partial charge in [-0.2, -0.15) is 0 Å². The molecule has 1 heterocycles. The van der Waals surface area contributed by atoms with E-state index in [1.54, 1.807) is 6.26 Å². The molecule has 1 aromatic carbocycles. The van der Waals surface area contributed by atoms with Gasteiger partial charge in [-0.15, -0.1) is 0 Å². The minimum Gasteiger partial charge on any atom is -0.467 e. The Hall–Kier alpha value is -2.03. The second-order valence-corrected chi connectivity index (χ2v) is 6.29. The molecule has 2 rings (SSSR count). The van der Waals surface area contributed by atoms with Crippen LogP contribution in [-0.2, 0) is 17.8 Å². The Labute approximate surface area is 126 Å². The first-order chi connectivity index (χ1) is 9.97. The zero-order valence-corrected chi connectivity index (χ0v) is 13.0. The van der Waals surface area contributed by atoms with Gasteiger partial charge in [0.05, 0.1) is 12.8 Å². The molecule has 21 heavy (non-hydrogen) atoms. The lowest BCUT2D eigenvalue weighted by Gasteiger charge is -2.29. The van der Waals surface area contributed by atoms with Crippen LogP contribution in [0.3, 0.4) is 0 Å². The van der Waals surface area contributed by atoms with Crippen LogP contribution >= 0.6 is 0 Å². The molecular formula is C18H23NO2. The molecule has 0 aliphatic rings. The van der Waals surface area contributed by atoms with Gasteiger partial charge in [0, 0.05) is 12.0 Å². The summed E-state index contributed by atoms with van der Waals surface area (Å²) in [5, 5.41) is 0. The van der Waals surface area contributed by atoms with Gasteiger partial charge in [0.2, 0.25) is 5.91 Å². The van der Waals surface area contributed by atoms with Crippen molar-refractivity contribution in [2.24, 2.45) is 5.41 Å². The summed E-state index contributed by atoms with van der Waals surface area (Å²) < 4.78 is 5.38. The van der Waals surface area contributed by atoms with E-state index in [2.05, 4.69) is 12.1 Å². The molecule has 0 N–H and O–H groups in total. The highest BCUT2D eigenvalue weighted by molar-refractivity contribution is 5.81. The average molecular weight is 285 g/mol. The van der Waals surface area contributed by atoms with Gasteiger partial charge in [-0.25, -0.2) is 0 Å². The summed E-state index contributed by atoms with van der Waals surface area (Å²) in [5.74, 6) is 0.968. The molecule has 0 saturated carbocycles. The van der Waals surface area contributed by atoms with Crippen molar-refractivity contribution in [3.05, 3.63) is 60.1 Å². The monoisotopic (exact) mass is 285 g/mol. The molecule has 0 aliphatic heterocycles. The number of carbonyl (C=O) groups excluding carboxylic acids is 1. The third kappa shape index (κ3) is 4.48. The van der Waals surface area contributed by atoms with Gasteiger partial charge in [0.1, 0.15) is 5.76 Å². The number of amides is 1. The highest BCUT2D eigenvalue weighted by atomic mass is 16.3. The Kier molecular flexibility index (Phi) is 4.84. The highest BCUT2D eigenvalue weighted by Gasteiger charge is 2.27. The quantitative estimate of drug-likeness (QED) is 0.835. The number of nitrogens with zero attached hydrogens (tertiary/aromatic N) is 1. The fraction of sp³-hybridized carbons (Fsp3) is 0.389. The minimum atomic E-state index is -0.386. The molecule has 3 nitrogen and oxygen atoms in total. The summed E-state index contributed by atoms with van der Waals surface area (Å²) in [6, 6.07) is 14.0. The maximum absolute atomic E-state index is 12.6. The van der Waals surface area contributed by atoms with E-state index in [1.165, 1.54) is 5.56 Å². The van der Waals surface area contributed by atoms with Crippen LogP contribution in [0.15, 0.2) is 53.1 Å². The smallest absolute Gasteiger partial charge is 0.228 e. The molecule has 0 bridgehead atoms. The van der Waals surface area contributed by atoms with E-state index in [4.69, 9.17) is 4.42 Å². The van der Waals surface area contributed by atoms with Crippen molar-refractivity contribution in [1.29, 1.82) is 0 Å². The van der Waals surface area contributed by atoms with Crippen LogP contribution in [0.4, 0.5) is 0 Å². The van der Waals surface area contributed by atoms with Gasteiger partial charge in [0.15, 0.2) is 0 Å². The zero-order chi connectivity index (χ0) is 15.3.